The van der Waals surface area contributed by atoms with Gasteiger partial charge in [-0.05, 0) is 93.8 Å². The first-order valence-corrected chi connectivity index (χ1v) is 12.6. The Morgan fingerprint density at radius 3 is 1.92 bits per heavy atom. The topological polar surface area (TPSA) is 18.5 Å². The molecule has 1 saturated heterocycles. The van der Waals surface area contributed by atoms with E-state index >= 15 is 0 Å². The van der Waals surface area contributed by atoms with Crippen molar-refractivity contribution in [2.24, 2.45) is 0 Å². The summed E-state index contributed by atoms with van der Waals surface area (Å²) in [5.74, 6) is 0. The van der Waals surface area contributed by atoms with E-state index in [2.05, 4.69) is 54.6 Å². The predicted molar refractivity (Wildman–Crippen MR) is 157 cm³/mol. The van der Waals surface area contributed by atoms with Gasteiger partial charge >= 0.3 is 7.12 Å². The molecule has 0 amide bonds. The fourth-order valence-corrected chi connectivity index (χ4v) is 5.45. The van der Waals surface area contributed by atoms with Crippen molar-refractivity contribution in [2.45, 2.75) is 38.9 Å². The SMILES string of the molecule is [2H]c1c([2H])c([2H])c(-c2cc(B3OC(C)(C)C(C)(C)O3)cc(-c3ccc4ccc5cccc6ccc3c4c56)c2)c([2H])c1[2H]. The summed E-state index contributed by atoms with van der Waals surface area (Å²) in [6.45, 7) is 7.98. The fourth-order valence-electron chi connectivity index (χ4n) is 5.45. The van der Waals surface area contributed by atoms with Crippen LogP contribution in [0.1, 0.15) is 34.5 Å². The van der Waals surface area contributed by atoms with E-state index in [0.29, 0.717) is 5.56 Å². The van der Waals surface area contributed by atoms with Gasteiger partial charge in [-0.25, -0.2) is 0 Å². The second-order valence-electron chi connectivity index (χ2n) is 10.9. The monoisotopic (exact) mass is 485 g/mol. The third-order valence-corrected chi connectivity index (χ3v) is 8.11. The molecule has 1 aliphatic heterocycles. The van der Waals surface area contributed by atoms with Crippen molar-refractivity contribution in [2.75, 3.05) is 0 Å². The van der Waals surface area contributed by atoms with Gasteiger partial charge in [-0.3, -0.25) is 0 Å². The van der Waals surface area contributed by atoms with Gasteiger partial charge in [-0.2, -0.15) is 0 Å². The molecule has 7 rings (SSSR count). The van der Waals surface area contributed by atoms with E-state index in [4.69, 9.17) is 16.2 Å². The smallest absolute Gasteiger partial charge is 0.399 e. The highest BCUT2D eigenvalue weighted by atomic mass is 16.7. The Balaban J connectivity index is 1.53. The van der Waals surface area contributed by atoms with Gasteiger partial charge in [-0.1, -0.05) is 96.9 Å². The number of hydrogen-bond donors (Lipinski definition) is 0. The lowest BCUT2D eigenvalue weighted by Crippen LogP contribution is -2.41. The average molecular weight is 485 g/mol. The standard InChI is InChI=1S/C34H29BO2/c1-33(2)34(3,4)37-35(36-33)28-20-26(22-9-6-5-7-10-22)19-27(21-28)29-17-15-25-14-13-23-11-8-12-24-16-18-30(29)32(25)31(23)24/h5-21H,1-4H3/i5D,6D,7D,9D,10D. The van der Waals surface area contributed by atoms with Gasteiger partial charge < -0.3 is 9.31 Å². The maximum absolute atomic E-state index is 8.69. The van der Waals surface area contributed by atoms with Crippen LogP contribution in [0.15, 0.2) is 103 Å². The second-order valence-corrected chi connectivity index (χ2v) is 10.9. The van der Waals surface area contributed by atoms with Gasteiger partial charge in [0.1, 0.15) is 0 Å². The molecule has 0 spiro atoms. The van der Waals surface area contributed by atoms with Crippen LogP contribution in [0.3, 0.4) is 0 Å². The van der Waals surface area contributed by atoms with Gasteiger partial charge in [0.15, 0.2) is 0 Å². The first-order chi connectivity index (χ1) is 19.9. The second kappa shape index (κ2) is 7.92. The summed E-state index contributed by atoms with van der Waals surface area (Å²) in [4.78, 5) is 0. The van der Waals surface area contributed by atoms with Gasteiger partial charge in [-0.15, -0.1) is 0 Å². The average Bonchev–Trinajstić information content (AvgIpc) is 3.20. The summed E-state index contributed by atoms with van der Waals surface area (Å²) >= 11 is 0. The van der Waals surface area contributed by atoms with Crippen molar-refractivity contribution in [3.8, 4) is 22.3 Å². The summed E-state index contributed by atoms with van der Waals surface area (Å²) in [6, 6.07) is 23.3. The van der Waals surface area contributed by atoms with E-state index in [1.54, 1.807) is 0 Å². The normalized spacial score (nSPS) is 18.7. The summed E-state index contributed by atoms with van der Waals surface area (Å²) in [5, 5.41) is 6.96. The molecule has 3 heteroatoms. The zero-order chi connectivity index (χ0) is 29.7. The van der Waals surface area contributed by atoms with E-state index in [0.717, 1.165) is 27.4 Å². The van der Waals surface area contributed by atoms with Crippen molar-refractivity contribution in [3.05, 3.63) is 103 Å². The highest BCUT2D eigenvalue weighted by Crippen LogP contribution is 2.41. The summed E-state index contributed by atoms with van der Waals surface area (Å²) in [6.07, 6.45) is 0. The lowest BCUT2D eigenvalue weighted by Gasteiger charge is -2.32. The minimum Gasteiger partial charge on any atom is -0.399 e. The van der Waals surface area contributed by atoms with Crippen LogP contribution in [0.5, 0.6) is 0 Å². The van der Waals surface area contributed by atoms with Crippen molar-refractivity contribution in [1.29, 1.82) is 0 Å². The molecular weight excluding hydrogens is 451 g/mol. The van der Waals surface area contributed by atoms with Crippen molar-refractivity contribution in [1.82, 2.24) is 0 Å². The van der Waals surface area contributed by atoms with Crippen LogP contribution in [0.25, 0.3) is 54.6 Å². The first kappa shape index (κ1) is 17.7. The number of benzene rings is 6. The largest absolute Gasteiger partial charge is 0.494 e. The molecule has 0 atom stereocenters. The molecular formula is C34H29BO2. The van der Waals surface area contributed by atoms with E-state index in [1.807, 2.05) is 45.9 Å². The lowest BCUT2D eigenvalue weighted by molar-refractivity contribution is 0.00578. The number of hydrogen-bond acceptors (Lipinski definition) is 2. The van der Waals surface area contributed by atoms with Gasteiger partial charge in [0.25, 0.3) is 0 Å². The summed E-state index contributed by atoms with van der Waals surface area (Å²) in [5.41, 5.74) is 2.07. The Kier molecular flexibility index (Phi) is 3.80. The molecule has 6 aromatic carbocycles. The molecule has 37 heavy (non-hydrogen) atoms. The lowest BCUT2D eigenvalue weighted by atomic mass is 9.76. The summed E-state index contributed by atoms with van der Waals surface area (Å²) in [7, 11) is -0.696. The third-order valence-electron chi connectivity index (χ3n) is 8.11. The quantitative estimate of drug-likeness (QED) is 0.186. The van der Waals surface area contributed by atoms with Crippen LogP contribution in [0.4, 0.5) is 0 Å². The van der Waals surface area contributed by atoms with Gasteiger partial charge in [0.05, 0.1) is 18.1 Å². The van der Waals surface area contributed by atoms with E-state index in [9.17, 15) is 0 Å². The Morgan fingerprint density at radius 2 is 1.22 bits per heavy atom. The maximum atomic E-state index is 8.69. The molecule has 1 aliphatic rings. The predicted octanol–water partition coefficient (Wildman–Crippen LogP) is 8.22. The van der Waals surface area contributed by atoms with Crippen LogP contribution in [0, 0.1) is 0 Å². The number of rotatable bonds is 3. The molecule has 180 valence electrons. The zero-order valence-corrected chi connectivity index (χ0v) is 21.3. The molecule has 6 aromatic rings. The minimum atomic E-state index is -0.696. The molecule has 0 saturated carbocycles. The van der Waals surface area contributed by atoms with Crippen LogP contribution in [-0.4, -0.2) is 18.3 Å². The zero-order valence-electron chi connectivity index (χ0n) is 26.3. The third kappa shape index (κ3) is 3.49. The van der Waals surface area contributed by atoms with Crippen LogP contribution < -0.4 is 5.46 Å². The van der Waals surface area contributed by atoms with Crippen LogP contribution >= 0.6 is 0 Å². The Bertz CT molecular complexity index is 2010. The Labute approximate surface area is 225 Å². The molecule has 0 aromatic heterocycles. The van der Waals surface area contributed by atoms with Gasteiger partial charge in [0.2, 0.25) is 0 Å². The van der Waals surface area contributed by atoms with Crippen molar-refractivity contribution < 1.29 is 16.2 Å². The van der Waals surface area contributed by atoms with E-state index in [-0.39, 0.29) is 29.7 Å². The molecule has 0 aliphatic carbocycles. The van der Waals surface area contributed by atoms with E-state index in [1.165, 1.54) is 21.5 Å². The fraction of sp³-hybridized carbons (Fsp3) is 0.176. The van der Waals surface area contributed by atoms with Crippen LogP contribution in [0.2, 0.25) is 0 Å². The molecule has 0 N–H and O–H groups in total. The van der Waals surface area contributed by atoms with Crippen molar-refractivity contribution in [3.63, 3.8) is 0 Å². The molecule has 0 radical (unpaired) electrons. The minimum absolute atomic E-state index is 0.151. The summed E-state index contributed by atoms with van der Waals surface area (Å²) < 4.78 is 54.9. The Morgan fingerprint density at radius 1 is 0.622 bits per heavy atom. The highest BCUT2D eigenvalue weighted by Gasteiger charge is 2.51. The Hall–Kier alpha value is -3.66. The van der Waals surface area contributed by atoms with Gasteiger partial charge in [0, 0.05) is 0 Å². The van der Waals surface area contributed by atoms with E-state index < -0.39 is 24.4 Å². The molecule has 1 fully saturated rings. The highest BCUT2D eigenvalue weighted by molar-refractivity contribution is 6.62. The molecule has 2 nitrogen and oxygen atoms in total. The first-order valence-electron chi connectivity index (χ1n) is 15.1. The molecule has 0 bridgehead atoms. The van der Waals surface area contributed by atoms with Crippen LogP contribution in [-0.2, 0) is 9.31 Å². The molecule has 1 heterocycles. The maximum Gasteiger partial charge on any atom is 0.494 e. The van der Waals surface area contributed by atoms with Crippen molar-refractivity contribution >= 4 is 44.9 Å². The molecule has 0 unspecified atom stereocenters.